The Kier molecular flexibility index (Phi) is 3.62. The van der Waals surface area contributed by atoms with E-state index >= 15 is 0 Å². The van der Waals surface area contributed by atoms with Crippen LogP contribution < -0.4 is 5.32 Å². The first-order chi connectivity index (χ1) is 8.15. The van der Waals surface area contributed by atoms with Gasteiger partial charge in [-0.3, -0.25) is 4.79 Å². The Morgan fingerprint density at radius 2 is 1.88 bits per heavy atom. The van der Waals surface area contributed by atoms with E-state index in [1.807, 2.05) is 26.0 Å². The molecule has 0 radical (unpaired) electrons. The number of anilines is 1. The Morgan fingerprint density at radius 1 is 1.18 bits per heavy atom. The van der Waals surface area contributed by atoms with Crippen molar-refractivity contribution in [2.45, 2.75) is 33.1 Å². The van der Waals surface area contributed by atoms with Crippen LogP contribution in [0.25, 0.3) is 0 Å². The summed E-state index contributed by atoms with van der Waals surface area (Å²) in [5.41, 5.74) is 3.29. The van der Waals surface area contributed by atoms with Gasteiger partial charge in [-0.05, 0) is 56.4 Å². The summed E-state index contributed by atoms with van der Waals surface area (Å²) >= 11 is 0. The van der Waals surface area contributed by atoms with Crippen molar-refractivity contribution in [1.29, 1.82) is 0 Å². The summed E-state index contributed by atoms with van der Waals surface area (Å²) in [6.07, 6.45) is 7.12. The van der Waals surface area contributed by atoms with Crippen LogP contribution in [0.15, 0.2) is 30.4 Å². The van der Waals surface area contributed by atoms with Gasteiger partial charge in [0.05, 0.1) is 0 Å². The van der Waals surface area contributed by atoms with Gasteiger partial charge in [0.15, 0.2) is 0 Å². The zero-order valence-corrected chi connectivity index (χ0v) is 10.5. The maximum atomic E-state index is 12.0. The van der Waals surface area contributed by atoms with Crippen molar-refractivity contribution in [1.82, 2.24) is 0 Å². The molecule has 1 N–H and O–H groups in total. The predicted molar refractivity (Wildman–Crippen MR) is 71.0 cm³/mol. The molecule has 0 saturated carbocycles. The molecule has 0 saturated heterocycles. The Hall–Kier alpha value is -1.57. The maximum absolute atomic E-state index is 12.0. The zero-order chi connectivity index (χ0) is 12.3. The summed E-state index contributed by atoms with van der Waals surface area (Å²) in [7, 11) is 0. The fourth-order valence-corrected chi connectivity index (χ4v) is 2.32. The third-order valence-corrected chi connectivity index (χ3v) is 3.13. The molecular weight excluding hydrogens is 210 g/mol. The number of carbonyl (C=O) groups is 1. The molecule has 0 aromatic heterocycles. The summed E-state index contributed by atoms with van der Waals surface area (Å²) < 4.78 is 0. The van der Waals surface area contributed by atoms with Crippen LogP contribution in [-0.4, -0.2) is 5.91 Å². The van der Waals surface area contributed by atoms with E-state index in [0.717, 1.165) is 24.9 Å². The molecule has 0 fully saturated rings. The van der Waals surface area contributed by atoms with E-state index in [4.69, 9.17) is 0 Å². The molecule has 17 heavy (non-hydrogen) atoms. The molecule has 90 valence electrons. The lowest BCUT2D eigenvalue weighted by atomic mass is 9.93. The van der Waals surface area contributed by atoms with Crippen molar-refractivity contribution in [2.24, 2.45) is 5.92 Å². The smallest absolute Gasteiger partial charge is 0.227 e. The van der Waals surface area contributed by atoms with Gasteiger partial charge in [-0.1, -0.05) is 18.2 Å². The van der Waals surface area contributed by atoms with Gasteiger partial charge in [-0.15, -0.1) is 0 Å². The highest BCUT2D eigenvalue weighted by atomic mass is 16.1. The lowest BCUT2D eigenvalue weighted by Crippen LogP contribution is -2.23. The first kappa shape index (κ1) is 11.9. The molecular formula is C15H19NO. The SMILES string of the molecule is Cc1cc(C)cc(NC(=O)C2CC=CCC2)c1. The second-order valence-electron chi connectivity index (χ2n) is 4.85. The maximum Gasteiger partial charge on any atom is 0.227 e. The summed E-state index contributed by atoms with van der Waals surface area (Å²) in [4.78, 5) is 12.0. The van der Waals surface area contributed by atoms with Gasteiger partial charge >= 0.3 is 0 Å². The van der Waals surface area contributed by atoms with Crippen LogP contribution in [0.4, 0.5) is 5.69 Å². The van der Waals surface area contributed by atoms with Gasteiger partial charge in [-0.25, -0.2) is 0 Å². The van der Waals surface area contributed by atoms with E-state index in [1.54, 1.807) is 0 Å². The standard InChI is InChI=1S/C15H19NO/c1-11-8-12(2)10-14(9-11)16-15(17)13-6-4-3-5-7-13/h3-4,8-10,13H,5-7H2,1-2H3,(H,16,17). The van der Waals surface area contributed by atoms with Gasteiger partial charge in [0.25, 0.3) is 0 Å². The molecule has 1 aromatic rings. The predicted octanol–water partition coefficient (Wildman–Crippen LogP) is 3.60. The minimum atomic E-state index is 0.140. The number of amides is 1. The van der Waals surface area contributed by atoms with Crippen molar-refractivity contribution in [3.05, 3.63) is 41.5 Å². The molecule has 1 aliphatic rings. The minimum absolute atomic E-state index is 0.140. The van der Waals surface area contributed by atoms with Crippen LogP contribution in [0.1, 0.15) is 30.4 Å². The number of hydrogen-bond acceptors (Lipinski definition) is 1. The van der Waals surface area contributed by atoms with Crippen LogP contribution in [0, 0.1) is 19.8 Å². The molecule has 0 spiro atoms. The highest BCUT2D eigenvalue weighted by Crippen LogP contribution is 2.21. The monoisotopic (exact) mass is 229 g/mol. The molecule has 2 heteroatoms. The third-order valence-electron chi connectivity index (χ3n) is 3.13. The number of rotatable bonds is 2. The molecule has 0 aliphatic heterocycles. The average Bonchev–Trinajstić information content (AvgIpc) is 2.28. The van der Waals surface area contributed by atoms with Crippen LogP contribution >= 0.6 is 0 Å². The number of benzene rings is 1. The van der Waals surface area contributed by atoms with E-state index < -0.39 is 0 Å². The highest BCUT2D eigenvalue weighted by molar-refractivity contribution is 5.92. The van der Waals surface area contributed by atoms with E-state index in [0.29, 0.717) is 0 Å². The topological polar surface area (TPSA) is 29.1 Å². The van der Waals surface area contributed by atoms with E-state index in [1.165, 1.54) is 11.1 Å². The van der Waals surface area contributed by atoms with Gasteiger partial charge in [0.2, 0.25) is 5.91 Å². The molecule has 1 aromatic carbocycles. The number of allylic oxidation sites excluding steroid dienone is 2. The molecule has 1 unspecified atom stereocenters. The lowest BCUT2D eigenvalue weighted by Gasteiger charge is -2.17. The van der Waals surface area contributed by atoms with Crippen molar-refractivity contribution in [3.63, 3.8) is 0 Å². The Bertz CT molecular complexity index is 428. The fourth-order valence-electron chi connectivity index (χ4n) is 2.32. The van der Waals surface area contributed by atoms with Crippen LogP contribution in [-0.2, 0) is 4.79 Å². The van der Waals surface area contributed by atoms with Crippen molar-refractivity contribution in [3.8, 4) is 0 Å². The fraction of sp³-hybridized carbons (Fsp3) is 0.400. The average molecular weight is 229 g/mol. The van der Waals surface area contributed by atoms with E-state index in [9.17, 15) is 4.79 Å². The first-order valence-corrected chi connectivity index (χ1v) is 6.19. The molecule has 2 nitrogen and oxygen atoms in total. The van der Waals surface area contributed by atoms with Crippen molar-refractivity contribution >= 4 is 11.6 Å². The lowest BCUT2D eigenvalue weighted by molar-refractivity contribution is -0.120. The van der Waals surface area contributed by atoms with Gasteiger partial charge in [-0.2, -0.15) is 0 Å². The van der Waals surface area contributed by atoms with E-state index in [2.05, 4.69) is 23.5 Å². The Morgan fingerprint density at radius 3 is 2.47 bits per heavy atom. The van der Waals surface area contributed by atoms with Crippen LogP contribution in [0.3, 0.4) is 0 Å². The third kappa shape index (κ3) is 3.19. The quantitative estimate of drug-likeness (QED) is 0.771. The van der Waals surface area contributed by atoms with Crippen LogP contribution in [0.5, 0.6) is 0 Å². The van der Waals surface area contributed by atoms with E-state index in [-0.39, 0.29) is 11.8 Å². The molecule has 2 rings (SSSR count). The number of carbonyl (C=O) groups excluding carboxylic acids is 1. The highest BCUT2D eigenvalue weighted by Gasteiger charge is 2.18. The molecule has 0 bridgehead atoms. The number of hydrogen-bond donors (Lipinski definition) is 1. The zero-order valence-electron chi connectivity index (χ0n) is 10.5. The molecule has 1 aliphatic carbocycles. The Balaban J connectivity index is 2.04. The number of aryl methyl sites for hydroxylation is 2. The summed E-state index contributed by atoms with van der Waals surface area (Å²) in [6.45, 7) is 4.10. The second-order valence-corrected chi connectivity index (χ2v) is 4.85. The first-order valence-electron chi connectivity index (χ1n) is 6.19. The van der Waals surface area contributed by atoms with Crippen molar-refractivity contribution < 1.29 is 4.79 Å². The van der Waals surface area contributed by atoms with Crippen LogP contribution in [0.2, 0.25) is 0 Å². The summed E-state index contributed by atoms with van der Waals surface area (Å²) in [5, 5.41) is 3.02. The van der Waals surface area contributed by atoms with Gasteiger partial charge < -0.3 is 5.32 Å². The minimum Gasteiger partial charge on any atom is -0.326 e. The summed E-state index contributed by atoms with van der Waals surface area (Å²) in [5.74, 6) is 0.292. The largest absolute Gasteiger partial charge is 0.326 e. The Labute approximate surface area is 103 Å². The normalized spacial score (nSPS) is 19.1. The van der Waals surface area contributed by atoms with Gasteiger partial charge in [0, 0.05) is 11.6 Å². The molecule has 1 amide bonds. The van der Waals surface area contributed by atoms with Gasteiger partial charge in [0.1, 0.15) is 0 Å². The van der Waals surface area contributed by atoms with Crippen molar-refractivity contribution in [2.75, 3.05) is 5.32 Å². The summed E-state index contributed by atoms with van der Waals surface area (Å²) in [6, 6.07) is 6.14. The molecule has 1 atom stereocenters. The molecule has 0 heterocycles. The second kappa shape index (κ2) is 5.17. The number of nitrogens with one attached hydrogen (secondary N) is 1.